The Kier molecular flexibility index (Phi) is 5.41. The summed E-state index contributed by atoms with van der Waals surface area (Å²) >= 11 is 0. The number of halogens is 1. The summed E-state index contributed by atoms with van der Waals surface area (Å²) in [5, 5.41) is 8.48. The van der Waals surface area contributed by atoms with E-state index in [4.69, 9.17) is 5.11 Å². The summed E-state index contributed by atoms with van der Waals surface area (Å²) in [5.41, 5.74) is 0.280. The molecule has 1 rings (SSSR count). The average Bonchev–Trinajstić information content (AvgIpc) is 2.36. The van der Waals surface area contributed by atoms with Gasteiger partial charge in [0, 0.05) is 19.7 Å². The van der Waals surface area contributed by atoms with Gasteiger partial charge < -0.3 is 5.11 Å². The fourth-order valence-electron chi connectivity index (χ4n) is 1.60. The fourth-order valence-corrected chi connectivity index (χ4v) is 2.90. The second kappa shape index (κ2) is 6.62. The van der Waals surface area contributed by atoms with Crippen LogP contribution in [0.1, 0.15) is 18.9 Å². The maximum atomic E-state index is 13.9. The highest BCUT2D eigenvalue weighted by molar-refractivity contribution is 7.89. The zero-order valence-corrected chi connectivity index (χ0v) is 12.0. The van der Waals surface area contributed by atoms with Crippen LogP contribution in [-0.4, -0.2) is 37.4 Å². The monoisotopic (exact) mass is 301 g/mol. The lowest BCUT2D eigenvalue weighted by atomic mass is 10.2. The minimum Gasteiger partial charge on any atom is -0.478 e. The first-order valence-corrected chi connectivity index (χ1v) is 7.40. The summed E-state index contributed by atoms with van der Waals surface area (Å²) in [7, 11) is -2.48. The topological polar surface area (TPSA) is 74.7 Å². The molecule has 110 valence electrons. The van der Waals surface area contributed by atoms with Crippen molar-refractivity contribution < 1.29 is 22.7 Å². The van der Waals surface area contributed by atoms with Gasteiger partial charge in [0.25, 0.3) is 0 Å². The Hall–Kier alpha value is -1.73. The zero-order chi connectivity index (χ0) is 15.3. The molecular formula is C13H16FNO4S. The third-order valence-corrected chi connectivity index (χ3v) is 4.49. The first-order valence-electron chi connectivity index (χ1n) is 5.96. The highest BCUT2D eigenvalue weighted by Crippen LogP contribution is 2.20. The quantitative estimate of drug-likeness (QED) is 0.815. The molecule has 0 aliphatic carbocycles. The van der Waals surface area contributed by atoms with E-state index in [9.17, 15) is 17.6 Å². The maximum absolute atomic E-state index is 13.9. The van der Waals surface area contributed by atoms with Crippen LogP contribution in [0.2, 0.25) is 0 Å². The van der Waals surface area contributed by atoms with Gasteiger partial charge in [-0.25, -0.2) is 21.9 Å². The molecule has 1 aromatic rings. The van der Waals surface area contributed by atoms with E-state index in [1.165, 1.54) is 19.2 Å². The lowest BCUT2D eigenvalue weighted by Crippen LogP contribution is -2.28. The second-order valence-electron chi connectivity index (χ2n) is 4.19. The molecule has 20 heavy (non-hydrogen) atoms. The lowest BCUT2D eigenvalue weighted by Gasteiger charge is -2.16. The van der Waals surface area contributed by atoms with Crippen LogP contribution >= 0.6 is 0 Å². The van der Waals surface area contributed by atoms with Gasteiger partial charge in [-0.2, -0.15) is 0 Å². The van der Waals surface area contributed by atoms with Crippen LogP contribution in [0.5, 0.6) is 0 Å². The number of hydrogen-bond acceptors (Lipinski definition) is 3. The normalized spacial score (nSPS) is 12.2. The molecule has 0 aromatic heterocycles. The van der Waals surface area contributed by atoms with E-state index >= 15 is 0 Å². The Bertz CT molecular complexity index is 625. The van der Waals surface area contributed by atoms with Crippen LogP contribution in [-0.2, 0) is 14.8 Å². The number of aliphatic carboxylic acids is 1. The van der Waals surface area contributed by atoms with E-state index in [0.29, 0.717) is 13.0 Å². The zero-order valence-electron chi connectivity index (χ0n) is 11.2. The van der Waals surface area contributed by atoms with Crippen molar-refractivity contribution in [2.45, 2.75) is 18.2 Å². The molecule has 7 heteroatoms. The molecule has 1 N–H and O–H groups in total. The smallest absolute Gasteiger partial charge is 0.328 e. The average molecular weight is 301 g/mol. The van der Waals surface area contributed by atoms with Gasteiger partial charge in [-0.3, -0.25) is 0 Å². The molecule has 0 saturated carbocycles. The Balaban J connectivity index is 3.13. The molecule has 0 saturated heterocycles. The number of carbonyl (C=O) groups is 1. The van der Waals surface area contributed by atoms with Gasteiger partial charge in [-0.05, 0) is 30.2 Å². The van der Waals surface area contributed by atoms with Crippen molar-refractivity contribution in [1.82, 2.24) is 4.31 Å². The summed E-state index contributed by atoms with van der Waals surface area (Å²) in [6.45, 7) is 2.12. The summed E-state index contributed by atoms with van der Waals surface area (Å²) in [5.74, 6) is -2.06. The van der Waals surface area contributed by atoms with Crippen LogP contribution in [0.25, 0.3) is 6.08 Å². The molecule has 0 atom stereocenters. The van der Waals surface area contributed by atoms with Gasteiger partial charge >= 0.3 is 5.97 Å². The van der Waals surface area contributed by atoms with Crippen molar-refractivity contribution in [1.29, 1.82) is 0 Å². The number of rotatable bonds is 6. The van der Waals surface area contributed by atoms with Crippen LogP contribution in [0.15, 0.2) is 29.2 Å². The van der Waals surface area contributed by atoms with Crippen molar-refractivity contribution in [3.8, 4) is 0 Å². The molecule has 0 heterocycles. The first-order chi connectivity index (χ1) is 9.28. The number of hydrogen-bond donors (Lipinski definition) is 1. The van der Waals surface area contributed by atoms with Crippen LogP contribution < -0.4 is 0 Å². The minimum absolute atomic E-state index is 0.280. The second-order valence-corrected chi connectivity index (χ2v) is 6.20. The predicted octanol–water partition coefficient (Wildman–Crippen LogP) is 1.95. The van der Waals surface area contributed by atoms with Crippen molar-refractivity contribution in [3.05, 3.63) is 35.7 Å². The number of sulfonamides is 1. The van der Waals surface area contributed by atoms with E-state index in [2.05, 4.69) is 0 Å². The maximum Gasteiger partial charge on any atom is 0.328 e. The molecular weight excluding hydrogens is 285 g/mol. The van der Waals surface area contributed by atoms with Crippen LogP contribution in [0.4, 0.5) is 4.39 Å². The van der Waals surface area contributed by atoms with Gasteiger partial charge in [0.1, 0.15) is 10.7 Å². The molecule has 0 radical (unpaired) electrons. The van der Waals surface area contributed by atoms with Gasteiger partial charge in [-0.1, -0.05) is 13.0 Å². The van der Waals surface area contributed by atoms with E-state index in [1.807, 2.05) is 6.92 Å². The number of carboxylic acid groups (broad SMARTS) is 1. The number of nitrogens with zero attached hydrogens (tertiary/aromatic N) is 1. The third-order valence-electron chi connectivity index (χ3n) is 2.60. The molecule has 0 amide bonds. The van der Waals surface area contributed by atoms with Gasteiger partial charge in [0.2, 0.25) is 10.0 Å². The molecule has 0 spiro atoms. The molecule has 0 fully saturated rings. The molecule has 1 aromatic carbocycles. The van der Waals surface area contributed by atoms with Crippen molar-refractivity contribution in [3.63, 3.8) is 0 Å². The van der Waals surface area contributed by atoms with Gasteiger partial charge in [0.05, 0.1) is 0 Å². The Morgan fingerprint density at radius 3 is 2.60 bits per heavy atom. The summed E-state index contributed by atoms with van der Waals surface area (Å²) in [6.07, 6.45) is 2.67. The molecule has 0 unspecified atom stereocenters. The fraction of sp³-hybridized carbons (Fsp3) is 0.308. The largest absolute Gasteiger partial charge is 0.478 e. The van der Waals surface area contributed by atoms with Crippen molar-refractivity contribution >= 4 is 22.1 Å². The lowest BCUT2D eigenvalue weighted by molar-refractivity contribution is -0.131. The molecule has 0 bridgehead atoms. The highest BCUT2D eigenvalue weighted by atomic mass is 32.2. The number of carboxylic acids is 1. The van der Waals surface area contributed by atoms with Crippen molar-refractivity contribution in [2.75, 3.05) is 13.6 Å². The standard InChI is InChI=1S/C13H16FNO4S/c1-3-8-15(2)20(18,19)12-6-4-10(9-11(12)14)5-7-13(16)17/h4-7,9H,3,8H2,1-2H3,(H,16,17)/b7-5+. The predicted molar refractivity (Wildman–Crippen MR) is 73.2 cm³/mol. The van der Waals surface area contributed by atoms with Crippen LogP contribution in [0, 0.1) is 5.82 Å². The number of benzene rings is 1. The van der Waals surface area contributed by atoms with Crippen LogP contribution in [0.3, 0.4) is 0 Å². The minimum atomic E-state index is -3.86. The summed E-state index contributed by atoms with van der Waals surface area (Å²) in [6, 6.07) is 3.49. The summed E-state index contributed by atoms with van der Waals surface area (Å²) in [4.78, 5) is 9.95. The summed E-state index contributed by atoms with van der Waals surface area (Å²) < 4.78 is 39.2. The Morgan fingerprint density at radius 1 is 1.45 bits per heavy atom. The Morgan fingerprint density at radius 2 is 2.10 bits per heavy atom. The SMILES string of the molecule is CCCN(C)S(=O)(=O)c1ccc(/C=C/C(=O)O)cc1F. The first kappa shape index (κ1) is 16.3. The molecule has 0 aliphatic heterocycles. The highest BCUT2D eigenvalue weighted by Gasteiger charge is 2.23. The molecule has 5 nitrogen and oxygen atoms in total. The van der Waals surface area contributed by atoms with E-state index in [0.717, 1.165) is 22.5 Å². The van der Waals surface area contributed by atoms with E-state index in [1.54, 1.807) is 0 Å². The Labute approximate surface area is 117 Å². The van der Waals surface area contributed by atoms with Crippen molar-refractivity contribution in [2.24, 2.45) is 0 Å². The van der Waals surface area contributed by atoms with Gasteiger partial charge in [0.15, 0.2) is 0 Å². The van der Waals surface area contributed by atoms with E-state index < -0.39 is 26.7 Å². The van der Waals surface area contributed by atoms with E-state index in [-0.39, 0.29) is 5.56 Å². The molecule has 0 aliphatic rings. The third kappa shape index (κ3) is 3.88. The van der Waals surface area contributed by atoms with Gasteiger partial charge in [-0.15, -0.1) is 0 Å².